The van der Waals surface area contributed by atoms with E-state index in [1.807, 2.05) is 0 Å². The smallest absolute Gasteiger partial charge is 0.308 e. The van der Waals surface area contributed by atoms with Crippen molar-refractivity contribution < 1.29 is 33.3 Å². The highest BCUT2D eigenvalue weighted by molar-refractivity contribution is 7.80. The summed E-state index contributed by atoms with van der Waals surface area (Å²) >= 11 is 5.20. The molecule has 1 aliphatic rings. The summed E-state index contributed by atoms with van der Waals surface area (Å²) in [5.41, 5.74) is 12.7. The van der Waals surface area contributed by atoms with Crippen molar-refractivity contribution >= 4 is 52.0 Å². The zero-order valence-corrected chi connectivity index (χ0v) is 22.5. The second-order valence-electron chi connectivity index (χ2n) is 9.73. The standard InChI is InChI=1S/C24H33N5O7S/c1-10(2)22(30)33-8-14-16(35-23(31)11(3)4)17(36-24(32)12(5)6)21(34-14)29-7-13(19(26)37)15-18(25)27-9-28-20(15)29/h7,9-12,14,16-17,21H,8H2,1-6H3,(H2,26,37)(H2,25,27,28)/t14-,16?,17-,21-/m1/s1. The van der Waals surface area contributed by atoms with E-state index < -0.39 is 54.3 Å². The minimum absolute atomic E-state index is 0.0455. The van der Waals surface area contributed by atoms with Gasteiger partial charge in [0, 0.05) is 11.8 Å². The van der Waals surface area contributed by atoms with Gasteiger partial charge in [-0.25, -0.2) is 9.97 Å². The lowest BCUT2D eigenvalue weighted by Crippen LogP contribution is -2.42. The molecule has 0 spiro atoms. The van der Waals surface area contributed by atoms with Crippen LogP contribution in [0.2, 0.25) is 0 Å². The third kappa shape index (κ3) is 5.99. The summed E-state index contributed by atoms with van der Waals surface area (Å²) in [7, 11) is 0. The Balaban J connectivity index is 2.12. The van der Waals surface area contributed by atoms with Crippen LogP contribution in [0.1, 0.15) is 53.3 Å². The zero-order chi connectivity index (χ0) is 27.6. The minimum atomic E-state index is -1.12. The van der Waals surface area contributed by atoms with Gasteiger partial charge in [-0.05, 0) is 0 Å². The van der Waals surface area contributed by atoms with E-state index in [1.165, 1.54) is 6.33 Å². The number of aromatic nitrogens is 3. The van der Waals surface area contributed by atoms with Crippen molar-refractivity contribution in [2.24, 2.45) is 23.5 Å². The van der Waals surface area contributed by atoms with Gasteiger partial charge in [-0.15, -0.1) is 0 Å². The molecule has 0 bridgehead atoms. The van der Waals surface area contributed by atoms with Crippen LogP contribution in [-0.4, -0.2) is 62.4 Å². The Morgan fingerprint density at radius 1 is 1.00 bits per heavy atom. The first kappa shape index (κ1) is 28.3. The number of esters is 3. The molecule has 0 amide bonds. The highest BCUT2D eigenvalue weighted by atomic mass is 32.1. The van der Waals surface area contributed by atoms with Crippen molar-refractivity contribution in [2.75, 3.05) is 12.3 Å². The normalized spacial score (nSPS) is 21.5. The molecule has 13 heteroatoms. The Hall–Kier alpha value is -3.32. The molecule has 1 fully saturated rings. The summed E-state index contributed by atoms with van der Waals surface area (Å²) in [5, 5.41) is 0.401. The van der Waals surface area contributed by atoms with Crippen LogP contribution in [0.15, 0.2) is 12.5 Å². The molecule has 202 valence electrons. The van der Waals surface area contributed by atoms with Crippen molar-refractivity contribution in [1.82, 2.24) is 14.5 Å². The Kier molecular flexibility index (Phi) is 8.69. The summed E-state index contributed by atoms with van der Waals surface area (Å²) in [6.45, 7) is 9.84. The Morgan fingerprint density at radius 3 is 2.11 bits per heavy atom. The van der Waals surface area contributed by atoms with E-state index >= 15 is 0 Å². The lowest BCUT2D eigenvalue weighted by atomic mass is 10.1. The number of thiocarbonyl (C=S) groups is 1. The summed E-state index contributed by atoms with van der Waals surface area (Å²) in [6, 6.07) is 0. The van der Waals surface area contributed by atoms with Gasteiger partial charge < -0.3 is 35.0 Å². The SMILES string of the molecule is CC(C)C(=O)OC[C@H]1O[C@@H](n2cc(C(N)=S)c3c(N)ncnc32)[C@H](OC(=O)C(C)C)C1OC(=O)C(C)C. The number of hydrogen-bond acceptors (Lipinski definition) is 11. The summed E-state index contributed by atoms with van der Waals surface area (Å²) in [4.78, 5) is 46.0. The van der Waals surface area contributed by atoms with Crippen LogP contribution in [0.3, 0.4) is 0 Å². The van der Waals surface area contributed by atoms with Crippen molar-refractivity contribution in [3.63, 3.8) is 0 Å². The second kappa shape index (κ2) is 11.4. The molecule has 12 nitrogen and oxygen atoms in total. The molecule has 0 radical (unpaired) electrons. The molecule has 2 aromatic heterocycles. The van der Waals surface area contributed by atoms with Crippen LogP contribution in [0.5, 0.6) is 0 Å². The van der Waals surface area contributed by atoms with E-state index in [1.54, 1.807) is 52.3 Å². The van der Waals surface area contributed by atoms with Gasteiger partial charge in [-0.1, -0.05) is 53.8 Å². The number of ether oxygens (including phenoxy) is 4. The Morgan fingerprint density at radius 2 is 1.57 bits per heavy atom. The number of hydrogen-bond donors (Lipinski definition) is 2. The van der Waals surface area contributed by atoms with Gasteiger partial charge in [0.2, 0.25) is 0 Å². The number of anilines is 1. The molecular formula is C24H33N5O7S. The summed E-state index contributed by atoms with van der Waals surface area (Å²) < 4.78 is 24.8. The Labute approximate surface area is 220 Å². The predicted octanol–water partition coefficient (Wildman–Crippen LogP) is 1.88. The lowest BCUT2D eigenvalue weighted by Gasteiger charge is -2.26. The molecule has 2 aromatic rings. The average Bonchev–Trinajstić information content (AvgIpc) is 3.36. The van der Waals surface area contributed by atoms with Gasteiger partial charge in [-0.2, -0.15) is 0 Å². The van der Waals surface area contributed by atoms with Crippen LogP contribution in [-0.2, 0) is 33.3 Å². The van der Waals surface area contributed by atoms with Crippen LogP contribution < -0.4 is 11.5 Å². The van der Waals surface area contributed by atoms with Crippen molar-refractivity contribution in [2.45, 2.75) is 66.1 Å². The van der Waals surface area contributed by atoms with Crippen molar-refractivity contribution in [3.05, 3.63) is 18.1 Å². The van der Waals surface area contributed by atoms with Crippen molar-refractivity contribution in [1.29, 1.82) is 0 Å². The average molecular weight is 536 g/mol. The van der Waals surface area contributed by atoms with Crippen LogP contribution in [0.4, 0.5) is 5.82 Å². The Bertz CT molecular complexity index is 1200. The molecule has 0 saturated carbocycles. The first-order valence-electron chi connectivity index (χ1n) is 12.0. The van der Waals surface area contributed by atoms with E-state index in [0.717, 1.165) is 0 Å². The number of carbonyl (C=O) groups excluding carboxylic acids is 3. The highest BCUT2D eigenvalue weighted by Crippen LogP contribution is 2.38. The molecule has 1 aliphatic heterocycles. The van der Waals surface area contributed by atoms with Gasteiger partial charge in [0.25, 0.3) is 0 Å². The third-order valence-corrected chi connectivity index (χ3v) is 5.99. The topological polar surface area (TPSA) is 171 Å². The number of nitrogen functional groups attached to an aromatic ring is 1. The molecule has 1 unspecified atom stereocenters. The molecule has 0 aliphatic carbocycles. The van der Waals surface area contributed by atoms with E-state index in [2.05, 4.69) is 9.97 Å². The minimum Gasteiger partial charge on any atom is -0.463 e. The van der Waals surface area contributed by atoms with Crippen LogP contribution in [0, 0.1) is 17.8 Å². The lowest BCUT2D eigenvalue weighted by molar-refractivity contribution is -0.173. The van der Waals surface area contributed by atoms with E-state index in [4.69, 9.17) is 42.6 Å². The quantitative estimate of drug-likeness (QED) is 0.272. The maximum atomic E-state index is 12.7. The molecule has 1 saturated heterocycles. The molecule has 37 heavy (non-hydrogen) atoms. The van der Waals surface area contributed by atoms with Gasteiger partial charge in [-0.3, -0.25) is 14.4 Å². The molecule has 3 rings (SSSR count). The molecular weight excluding hydrogens is 502 g/mol. The van der Waals surface area contributed by atoms with Gasteiger partial charge >= 0.3 is 17.9 Å². The monoisotopic (exact) mass is 535 g/mol. The van der Waals surface area contributed by atoms with Gasteiger partial charge in [0.1, 0.15) is 35.5 Å². The van der Waals surface area contributed by atoms with Crippen LogP contribution in [0.25, 0.3) is 11.0 Å². The number of rotatable bonds is 9. The van der Waals surface area contributed by atoms with Crippen molar-refractivity contribution in [3.8, 4) is 0 Å². The van der Waals surface area contributed by atoms with E-state index in [-0.39, 0.29) is 23.3 Å². The number of fused-ring (bicyclic) bond motifs is 1. The fourth-order valence-electron chi connectivity index (χ4n) is 3.69. The van der Waals surface area contributed by atoms with E-state index in [9.17, 15) is 14.4 Å². The van der Waals surface area contributed by atoms with Crippen LogP contribution >= 0.6 is 12.2 Å². The molecule has 0 aromatic carbocycles. The summed E-state index contributed by atoms with van der Waals surface area (Å²) in [5.74, 6) is -2.72. The molecule has 4 N–H and O–H groups in total. The van der Waals surface area contributed by atoms with Gasteiger partial charge in [0.15, 0.2) is 18.4 Å². The maximum absolute atomic E-state index is 12.7. The molecule has 4 atom stereocenters. The van der Waals surface area contributed by atoms with Gasteiger partial charge in [0.05, 0.1) is 23.1 Å². The largest absolute Gasteiger partial charge is 0.463 e. The fraction of sp³-hybridized carbons (Fsp3) is 0.583. The zero-order valence-electron chi connectivity index (χ0n) is 21.7. The second-order valence-corrected chi connectivity index (χ2v) is 10.2. The first-order valence-corrected chi connectivity index (χ1v) is 12.4. The maximum Gasteiger partial charge on any atom is 0.308 e. The molecule has 3 heterocycles. The summed E-state index contributed by atoms with van der Waals surface area (Å²) in [6.07, 6.45) is -1.37. The fourth-order valence-corrected chi connectivity index (χ4v) is 3.85. The number of nitrogens with zero attached hydrogens (tertiary/aromatic N) is 3. The number of nitrogens with two attached hydrogens (primary N) is 2. The highest BCUT2D eigenvalue weighted by Gasteiger charge is 2.52. The van der Waals surface area contributed by atoms with E-state index in [0.29, 0.717) is 16.6 Å². The number of carbonyl (C=O) groups is 3. The predicted molar refractivity (Wildman–Crippen MR) is 137 cm³/mol. The first-order chi connectivity index (χ1) is 17.3. The third-order valence-electron chi connectivity index (χ3n) is 5.77.